The number of nitrogens with zero attached hydrogens (tertiary/aromatic N) is 5. The third-order valence-electron chi connectivity index (χ3n) is 6.23. The van der Waals surface area contributed by atoms with Crippen molar-refractivity contribution in [2.75, 3.05) is 11.5 Å². The fourth-order valence-electron chi connectivity index (χ4n) is 4.28. The molecule has 0 aromatic carbocycles. The molecule has 0 saturated carbocycles. The van der Waals surface area contributed by atoms with Gasteiger partial charge in [0.1, 0.15) is 27.0 Å². The summed E-state index contributed by atoms with van der Waals surface area (Å²) in [5.74, 6) is -4.25. The van der Waals surface area contributed by atoms with Gasteiger partial charge in [-0.25, -0.2) is 14.8 Å². The van der Waals surface area contributed by atoms with Crippen molar-refractivity contribution in [3.05, 3.63) is 58.0 Å². The number of halogens is 1. The smallest absolute Gasteiger partial charge is 0.347 e. The average molecular weight is 618 g/mol. The van der Waals surface area contributed by atoms with Crippen molar-refractivity contribution >= 4 is 80.3 Å². The van der Waals surface area contributed by atoms with Gasteiger partial charge in [0.25, 0.3) is 11.8 Å². The molecule has 2 amide bonds. The van der Waals surface area contributed by atoms with Crippen LogP contribution < -0.4 is 20.7 Å². The van der Waals surface area contributed by atoms with Crippen LogP contribution in [0.25, 0.3) is 11.0 Å². The molecule has 4 N–H and O–H groups in total. The van der Waals surface area contributed by atoms with Gasteiger partial charge in [-0.1, -0.05) is 28.1 Å². The number of β-lactam (4-membered cyclic amide) rings is 1. The molecule has 5 heterocycles. The number of nitrogen functional groups attached to an aromatic ring is 1. The summed E-state index contributed by atoms with van der Waals surface area (Å²) in [7, 11) is 0. The van der Waals surface area contributed by atoms with E-state index in [4.69, 9.17) is 27.3 Å². The van der Waals surface area contributed by atoms with E-state index in [1.165, 1.54) is 18.7 Å². The zero-order valence-corrected chi connectivity index (χ0v) is 23.4. The van der Waals surface area contributed by atoms with Crippen molar-refractivity contribution in [3.8, 4) is 0 Å². The molecular formula is C24H20ClN7O7S2. The number of aliphatic carboxylic acids is 2. The molecule has 14 nitrogen and oxygen atoms in total. The Morgan fingerprint density at radius 3 is 2.85 bits per heavy atom. The van der Waals surface area contributed by atoms with Crippen molar-refractivity contribution in [3.63, 3.8) is 0 Å². The maximum absolute atomic E-state index is 13.2. The van der Waals surface area contributed by atoms with Crippen LogP contribution in [0, 0.1) is 0 Å². The molecule has 2 aliphatic heterocycles. The number of carbonyl (C=O) groups is 4. The Kier molecular flexibility index (Phi) is 7.79. The number of nitrogens with two attached hydrogens (primary N) is 1. The van der Waals surface area contributed by atoms with Crippen LogP contribution in [0.3, 0.4) is 0 Å². The molecule has 212 valence electrons. The fourth-order valence-corrected chi connectivity index (χ4v) is 6.54. The average Bonchev–Trinajstić information content (AvgIpc) is 3.28. The van der Waals surface area contributed by atoms with E-state index >= 15 is 0 Å². The molecule has 0 bridgehead atoms. The van der Waals surface area contributed by atoms with E-state index in [2.05, 4.69) is 20.4 Å². The van der Waals surface area contributed by atoms with Gasteiger partial charge >= 0.3 is 5.97 Å². The third-order valence-corrected chi connectivity index (χ3v) is 8.65. The van der Waals surface area contributed by atoms with Crippen molar-refractivity contribution in [1.82, 2.24) is 20.2 Å². The molecule has 1 saturated heterocycles. The van der Waals surface area contributed by atoms with Crippen molar-refractivity contribution in [2.24, 2.45) is 5.16 Å². The summed E-state index contributed by atoms with van der Waals surface area (Å²) >= 11 is 8.25. The lowest BCUT2D eigenvalue weighted by Crippen LogP contribution is -2.71. The number of anilines is 1. The summed E-state index contributed by atoms with van der Waals surface area (Å²) in [6.07, 6.45) is 2.03. The first-order valence-corrected chi connectivity index (χ1v) is 14.1. The minimum absolute atomic E-state index is 0.00969. The second-order valence-electron chi connectivity index (χ2n) is 8.84. The van der Waals surface area contributed by atoms with Crippen LogP contribution in [0.5, 0.6) is 0 Å². The lowest BCUT2D eigenvalue weighted by atomic mass is 10.0. The van der Waals surface area contributed by atoms with Gasteiger partial charge in [-0.15, -0.1) is 11.8 Å². The van der Waals surface area contributed by atoms with Gasteiger partial charge in [0.15, 0.2) is 23.6 Å². The molecule has 3 aromatic rings. The lowest BCUT2D eigenvalue weighted by Gasteiger charge is -2.50. The number of amides is 2. The zero-order chi connectivity index (χ0) is 29.4. The quantitative estimate of drug-likeness (QED) is 0.121. The highest BCUT2D eigenvalue weighted by molar-refractivity contribution is 8.00. The number of hydrogen-bond acceptors (Lipinski definition) is 12. The number of carbonyl (C=O) groups excluding carboxylic acids is 3. The number of hydrogen-bond donors (Lipinski definition) is 3. The lowest BCUT2D eigenvalue weighted by molar-refractivity contribution is -0.663. The van der Waals surface area contributed by atoms with E-state index in [0.717, 1.165) is 27.3 Å². The van der Waals surface area contributed by atoms with Gasteiger partial charge < -0.3 is 30.9 Å². The number of pyridine rings is 2. The van der Waals surface area contributed by atoms with Crippen LogP contribution in [0.2, 0.25) is 4.34 Å². The molecule has 1 fully saturated rings. The second kappa shape index (κ2) is 11.3. The Hall–Kier alpha value is -4.28. The standard InChI is InChI=1S/C24H20ClN7O7S2/c1-10(22(35)36)39-30-15(14-18(25)41-24(26)29-14)19(33)28-16-20(34)32-17(23(37)38)11(9-40-21(16)32)8-31-7-3-4-12-13(31)5-2-6-27-12/h2-7,10,16,21H,8-9H2,1H3,(H4-,26,28,29,33,35,36,37,38)/b30-15-/t10-,16?,21+/m0/s1. The normalized spacial score (nSPS) is 19.4. The van der Waals surface area contributed by atoms with Crippen molar-refractivity contribution in [1.29, 1.82) is 0 Å². The van der Waals surface area contributed by atoms with E-state index < -0.39 is 47.0 Å². The Morgan fingerprint density at radius 2 is 2.17 bits per heavy atom. The maximum atomic E-state index is 13.2. The fraction of sp³-hybridized carbons (Fsp3) is 0.250. The van der Waals surface area contributed by atoms with Crippen LogP contribution in [-0.4, -0.2) is 72.7 Å². The first-order valence-electron chi connectivity index (χ1n) is 11.9. The highest BCUT2D eigenvalue weighted by Gasteiger charge is 2.53. The highest BCUT2D eigenvalue weighted by Crippen LogP contribution is 2.40. The molecular weight excluding hydrogens is 598 g/mol. The largest absolute Gasteiger partial charge is 0.543 e. The SMILES string of the molecule is C[C@H](O/N=C(\C(=O)NC1C(=O)N2C(C(=O)[O-])=C(C[n+]3cccc4ncccc43)CS[C@H]12)c1nc(N)sc1Cl)C(=O)O. The molecule has 0 radical (unpaired) electrons. The molecule has 1 unspecified atom stereocenters. The van der Waals surface area contributed by atoms with Gasteiger partial charge in [0.05, 0.1) is 11.7 Å². The summed E-state index contributed by atoms with van der Waals surface area (Å²) in [5, 5.41) is 26.7. The number of thiazole rings is 1. The highest BCUT2D eigenvalue weighted by atomic mass is 35.5. The van der Waals surface area contributed by atoms with Crippen molar-refractivity contribution < 1.29 is 38.8 Å². The number of rotatable bonds is 9. The van der Waals surface area contributed by atoms with Crippen LogP contribution in [0.15, 0.2) is 53.1 Å². The molecule has 17 heteroatoms. The first-order chi connectivity index (χ1) is 19.6. The minimum Gasteiger partial charge on any atom is -0.543 e. The zero-order valence-electron chi connectivity index (χ0n) is 21.0. The number of nitrogens with one attached hydrogen (secondary N) is 1. The molecule has 0 aliphatic carbocycles. The molecule has 3 atom stereocenters. The molecule has 41 heavy (non-hydrogen) atoms. The van der Waals surface area contributed by atoms with Gasteiger partial charge in [-0.05, 0) is 19.1 Å². The van der Waals surface area contributed by atoms with Gasteiger partial charge in [0, 0.05) is 29.7 Å². The van der Waals surface area contributed by atoms with E-state index in [1.807, 2.05) is 16.7 Å². The van der Waals surface area contributed by atoms with Gasteiger partial charge in [-0.3, -0.25) is 14.5 Å². The summed E-state index contributed by atoms with van der Waals surface area (Å²) in [5.41, 5.74) is 6.70. The number of carboxylic acids is 2. The predicted molar refractivity (Wildman–Crippen MR) is 145 cm³/mol. The summed E-state index contributed by atoms with van der Waals surface area (Å²) in [4.78, 5) is 64.0. The Morgan fingerprint density at radius 1 is 1.39 bits per heavy atom. The molecule has 2 aliphatic rings. The Labute approximate surface area is 244 Å². The van der Waals surface area contributed by atoms with Crippen LogP contribution in [-0.2, 0) is 30.6 Å². The van der Waals surface area contributed by atoms with Crippen LogP contribution in [0.1, 0.15) is 12.6 Å². The monoisotopic (exact) mass is 617 g/mol. The number of carboxylic acid groups (broad SMARTS) is 2. The Balaban J connectivity index is 1.39. The molecule has 5 rings (SSSR count). The van der Waals surface area contributed by atoms with Gasteiger partial charge in [0.2, 0.25) is 11.6 Å². The minimum atomic E-state index is -1.52. The third kappa shape index (κ3) is 5.40. The molecule has 0 spiro atoms. The van der Waals surface area contributed by atoms with Crippen molar-refractivity contribution in [2.45, 2.75) is 31.0 Å². The number of aromatic nitrogens is 3. The summed E-state index contributed by atoms with van der Waals surface area (Å²) < 4.78 is 1.82. The summed E-state index contributed by atoms with van der Waals surface area (Å²) in [6, 6.07) is 6.10. The summed E-state index contributed by atoms with van der Waals surface area (Å²) in [6.45, 7) is 1.37. The first kappa shape index (κ1) is 28.3. The van der Waals surface area contributed by atoms with E-state index in [1.54, 1.807) is 24.5 Å². The maximum Gasteiger partial charge on any atom is 0.347 e. The van der Waals surface area contributed by atoms with E-state index in [0.29, 0.717) is 5.57 Å². The number of thioether (sulfide) groups is 1. The predicted octanol–water partition coefficient (Wildman–Crippen LogP) is -0.488. The topological polar surface area (TPSA) is 204 Å². The van der Waals surface area contributed by atoms with Gasteiger partial charge in [-0.2, -0.15) is 4.57 Å². The Bertz CT molecular complexity index is 1650. The van der Waals surface area contributed by atoms with E-state index in [9.17, 15) is 24.3 Å². The number of fused-ring (bicyclic) bond motifs is 2. The van der Waals surface area contributed by atoms with Crippen LogP contribution >= 0.6 is 34.7 Å². The molecule has 3 aromatic heterocycles. The number of oxime groups is 1. The van der Waals surface area contributed by atoms with E-state index in [-0.39, 0.29) is 33.2 Å². The second-order valence-corrected chi connectivity index (χ2v) is 11.6. The van der Waals surface area contributed by atoms with Crippen LogP contribution in [0.4, 0.5) is 5.13 Å².